The van der Waals surface area contributed by atoms with E-state index in [4.69, 9.17) is 0 Å². The molecule has 0 atom stereocenters. The van der Waals surface area contributed by atoms with Crippen molar-refractivity contribution in [3.05, 3.63) is 18.1 Å². The predicted octanol–water partition coefficient (Wildman–Crippen LogP) is 1.53. The molecule has 0 bridgehead atoms. The minimum Gasteiger partial charge on any atom is -0.388 e. The highest BCUT2D eigenvalue weighted by Crippen LogP contribution is 2.30. The van der Waals surface area contributed by atoms with Crippen LogP contribution in [0.5, 0.6) is 0 Å². The molecule has 1 aromatic heterocycles. The lowest BCUT2D eigenvalue weighted by molar-refractivity contribution is 0.0558. The standard InChI is InChI=1S/C12H19N3O/c1-10-7-11(14-9-13-10)15(2)8-12(16)5-3-4-6-12/h7,9,16H,3-6,8H2,1-2H3. The Bertz CT molecular complexity index is 361. The van der Waals surface area contributed by atoms with Gasteiger partial charge >= 0.3 is 0 Å². The summed E-state index contributed by atoms with van der Waals surface area (Å²) in [5.74, 6) is 0.882. The zero-order valence-electron chi connectivity index (χ0n) is 9.98. The summed E-state index contributed by atoms with van der Waals surface area (Å²) >= 11 is 0. The second-order valence-corrected chi connectivity index (χ2v) is 4.81. The van der Waals surface area contributed by atoms with Crippen LogP contribution in [-0.2, 0) is 0 Å². The van der Waals surface area contributed by atoms with Gasteiger partial charge in [0.1, 0.15) is 12.1 Å². The van der Waals surface area contributed by atoms with Crippen LogP contribution in [0, 0.1) is 6.92 Å². The van der Waals surface area contributed by atoms with E-state index in [0.29, 0.717) is 6.54 Å². The molecule has 0 amide bonds. The van der Waals surface area contributed by atoms with Crippen molar-refractivity contribution in [1.29, 1.82) is 0 Å². The van der Waals surface area contributed by atoms with Gasteiger partial charge in [0.15, 0.2) is 0 Å². The number of rotatable bonds is 3. The van der Waals surface area contributed by atoms with Crippen LogP contribution in [-0.4, -0.2) is 34.3 Å². The van der Waals surface area contributed by atoms with Gasteiger partial charge in [-0.25, -0.2) is 9.97 Å². The van der Waals surface area contributed by atoms with Gasteiger partial charge in [-0.05, 0) is 19.8 Å². The molecule has 1 saturated carbocycles. The van der Waals surface area contributed by atoms with Crippen molar-refractivity contribution in [2.24, 2.45) is 0 Å². The number of hydrogen-bond acceptors (Lipinski definition) is 4. The summed E-state index contributed by atoms with van der Waals surface area (Å²) in [5, 5.41) is 10.3. The van der Waals surface area contributed by atoms with Crippen molar-refractivity contribution in [2.75, 3.05) is 18.5 Å². The van der Waals surface area contributed by atoms with Crippen molar-refractivity contribution < 1.29 is 5.11 Å². The first-order valence-corrected chi connectivity index (χ1v) is 5.81. The smallest absolute Gasteiger partial charge is 0.132 e. The van der Waals surface area contributed by atoms with E-state index in [1.807, 2.05) is 24.9 Å². The van der Waals surface area contributed by atoms with Gasteiger partial charge in [0.05, 0.1) is 5.60 Å². The van der Waals surface area contributed by atoms with Crippen molar-refractivity contribution in [1.82, 2.24) is 9.97 Å². The molecule has 0 spiro atoms. The zero-order chi connectivity index (χ0) is 11.6. The molecule has 1 fully saturated rings. The summed E-state index contributed by atoms with van der Waals surface area (Å²) < 4.78 is 0. The van der Waals surface area contributed by atoms with Crippen LogP contribution in [0.25, 0.3) is 0 Å². The molecule has 16 heavy (non-hydrogen) atoms. The van der Waals surface area contributed by atoms with Crippen molar-refractivity contribution in [3.63, 3.8) is 0 Å². The third kappa shape index (κ3) is 2.50. The van der Waals surface area contributed by atoms with Gasteiger partial charge in [0, 0.05) is 25.4 Å². The lowest BCUT2D eigenvalue weighted by Gasteiger charge is -2.29. The Morgan fingerprint density at radius 1 is 1.38 bits per heavy atom. The summed E-state index contributed by atoms with van der Waals surface area (Å²) in [7, 11) is 1.97. The van der Waals surface area contributed by atoms with E-state index in [1.165, 1.54) is 0 Å². The Morgan fingerprint density at radius 2 is 2.06 bits per heavy atom. The monoisotopic (exact) mass is 221 g/mol. The Morgan fingerprint density at radius 3 is 2.69 bits per heavy atom. The Hall–Kier alpha value is -1.16. The van der Waals surface area contributed by atoms with Gasteiger partial charge in [0.25, 0.3) is 0 Å². The first-order chi connectivity index (χ1) is 7.59. The fraction of sp³-hybridized carbons (Fsp3) is 0.667. The maximum Gasteiger partial charge on any atom is 0.132 e. The maximum absolute atomic E-state index is 10.3. The van der Waals surface area contributed by atoms with Crippen LogP contribution in [0.15, 0.2) is 12.4 Å². The minimum atomic E-state index is -0.520. The third-order valence-corrected chi connectivity index (χ3v) is 3.25. The average Bonchev–Trinajstić information content (AvgIpc) is 2.65. The lowest BCUT2D eigenvalue weighted by Crippen LogP contribution is -2.39. The Kier molecular flexibility index (Phi) is 3.10. The summed E-state index contributed by atoms with van der Waals surface area (Å²) in [4.78, 5) is 10.3. The average molecular weight is 221 g/mol. The number of aryl methyl sites for hydroxylation is 1. The SMILES string of the molecule is Cc1cc(N(C)CC2(O)CCCC2)ncn1. The molecule has 1 heterocycles. The van der Waals surface area contributed by atoms with E-state index in [2.05, 4.69) is 9.97 Å². The molecule has 0 aliphatic heterocycles. The van der Waals surface area contributed by atoms with Crippen LogP contribution in [0.3, 0.4) is 0 Å². The van der Waals surface area contributed by atoms with Gasteiger partial charge in [-0.1, -0.05) is 12.8 Å². The van der Waals surface area contributed by atoms with E-state index >= 15 is 0 Å². The maximum atomic E-state index is 10.3. The Balaban J connectivity index is 2.05. The molecule has 1 aliphatic rings. The fourth-order valence-corrected chi connectivity index (χ4v) is 2.36. The van der Waals surface area contributed by atoms with Crippen LogP contribution in [0.1, 0.15) is 31.4 Å². The first kappa shape index (κ1) is 11.3. The van der Waals surface area contributed by atoms with Gasteiger partial charge in [-0.2, -0.15) is 0 Å². The summed E-state index contributed by atoms with van der Waals surface area (Å²) in [6.45, 7) is 2.60. The van der Waals surface area contributed by atoms with Crippen LogP contribution in [0.4, 0.5) is 5.82 Å². The largest absolute Gasteiger partial charge is 0.388 e. The van der Waals surface area contributed by atoms with Gasteiger partial charge < -0.3 is 10.0 Å². The number of likely N-dealkylation sites (N-methyl/N-ethyl adjacent to an activating group) is 1. The molecular formula is C12H19N3O. The highest BCUT2D eigenvalue weighted by molar-refractivity contribution is 5.38. The lowest BCUT2D eigenvalue weighted by atomic mass is 10.0. The molecular weight excluding hydrogens is 202 g/mol. The Labute approximate surface area is 96.3 Å². The number of aromatic nitrogens is 2. The van der Waals surface area contributed by atoms with Crippen molar-refractivity contribution >= 4 is 5.82 Å². The number of anilines is 1. The predicted molar refractivity (Wildman–Crippen MR) is 63.5 cm³/mol. The minimum absolute atomic E-state index is 0.520. The molecule has 0 aromatic carbocycles. The van der Waals surface area contributed by atoms with E-state index in [-0.39, 0.29) is 0 Å². The molecule has 4 heteroatoms. The quantitative estimate of drug-likeness (QED) is 0.841. The fourth-order valence-electron chi connectivity index (χ4n) is 2.36. The van der Waals surface area contributed by atoms with E-state index < -0.39 is 5.60 Å². The molecule has 0 saturated heterocycles. The number of aliphatic hydroxyl groups is 1. The van der Waals surface area contributed by atoms with E-state index in [9.17, 15) is 5.11 Å². The van der Waals surface area contributed by atoms with Crippen molar-refractivity contribution in [2.45, 2.75) is 38.2 Å². The highest BCUT2D eigenvalue weighted by atomic mass is 16.3. The molecule has 1 N–H and O–H groups in total. The van der Waals surface area contributed by atoms with Crippen molar-refractivity contribution in [3.8, 4) is 0 Å². The first-order valence-electron chi connectivity index (χ1n) is 5.81. The summed E-state index contributed by atoms with van der Waals surface area (Å²) in [6, 6.07) is 1.94. The van der Waals surface area contributed by atoms with Gasteiger partial charge in [-0.3, -0.25) is 0 Å². The molecule has 0 unspecified atom stereocenters. The van der Waals surface area contributed by atoms with E-state index in [1.54, 1.807) is 6.33 Å². The molecule has 88 valence electrons. The van der Waals surface area contributed by atoms with Crippen LogP contribution < -0.4 is 4.90 Å². The second kappa shape index (κ2) is 4.37. The van der Waals surface area contributed by atoms with Gasteiger partial charge in [-0.15, -0.1) is 0 Å². The van der Waals surface area contributed by atoms with Crippen LogP contribution in [0.2, 0.25) is 0 Å². The molecule has 4 nitrogen and oxygen atoms in total. The van der Waals surface area contributed by atoms with Crippen LogP contribution >= 0.6 is 0 Å². The summed E-state index contributed by atoms with van der Waals surface area (Å²) in [5.41, 5.74) is 0.434. The molecule has 1 aromatic rings. The number of hydrogen-bond donors (Lipinski definition) is 1. The zero-order valence-corrected chi connectivity index (χ0v) is 9.98. The normalized spacial score (nSPS) is 18.7. The molecule has 1 aliphatic carbocycles. The van der Waals surface area contributed by atoms with E-state index in [0.717, 1.165) is 37.2 Å². The number of nitrogens with zero attached hydrogens (tertiary/aromatic N) is 3. The summed E-state index contributed by atoms with van der Waals surface area (Å²) in [6.07, 6.45) is 5.64. The topological polar surface area (TPSA) is 49.2 Å². The van der Waals surface area contributed by atoms with Gasteiger partial charge in [0.2, 0.25) is 0 Å². The highest BCUT2D eigenvalue weighted by Gasteiger charge is 2.32. The second-order valence-electron chi connectivity index (χ2n) is 4.81. The third-order valence-electron chi connectivity index (χ3n) is 3.25. The molecule has 0 radical (unpaired) electrons. The molecule has 2 rings (SSSR count).